The van der Waals surface area contributed by atoms with Gasteiger partial charge < -0.3 is 15.7 Å². The van der Waals surface area contributed by atoms with Crippen LogP contribution >= 0.6 is 0 Å². The van der Waals surface area contributed by atoms with Crippen LogP contribution in [0.15, 0.2) is 60.3 Å². The zero-order chi connectivity index (χ0) is 17.5. The van der Waals surface area contributed by atoms with Crippen LogP contribution in [-0.4, -0.2) is 15.9 Å². The van der Waals surface area contributed by atoms with Crippen molar-refractivity contribution in [2.24, 2.45) is 0 Å². The Morgan fingerprint density at radius 3 is 2.50 bits per heavy atom. The zero-order valence-corrected chi connectivity index (χ0v) is 12.3. The Kier molecular flexibility index (Phi) is 5.10. The Balaban J connectivity index is 2.07. The Morgan fingerprint density at radius 2 is 1.92 bits per heavy atom. The number of nitro benzene ring substituents is 1. The molecule has 0 aliphatic heterocycles. The molecule has 0 saturated heterocycles. The monoisotopic (exact) mass is 324 g/mol. The number of carbonyl (C=O) groups excluding carboxylic acids is 1. The maximum atomic E-state index is 12.0. The number of nitrogens with zero attached hydrogens (tertiary/aromatic N) is 2. The van der Waals surface area contributed by atoms with E-state index in [-0.39, 0.29) is 17.0 Å². The molecule has 0 spiro atoms. The van der Waals surface area contributed by atoms with Gasteiger partial charge in [0.2, 0.25) is 0 Å². The molecule has 0 radical (unpaired) electrons. The van der Waals surface area contributed by atoms with Crippen LogP contribution in [-0.2, 0) is 4.79 Å². The van der Waals surface area contributed by atoms with Gasteiger partial charge >= 0.3 is 0 Å². The first kappa shape index (κ1) is 16.5. The summed E-state index contributed by atoms with van der Waals surface area (Å²) < 4.78 is 0. The van der Waals surface area contributed by atoms with Gasteiger partial charge in [0.1, 0.15) is 17.4 Å². The molecule has 0 heterocycles. The average molecular weight is 324 g/mol. The summed E-state index contributed by atoms with van der Waals surface area (Å²) in [5, 5.41) is 34.2. The van der Waals surface area contributed by atoms with E-state index in [2.05, 4.69) is 10.6 Å². The van der Waals surface area contributed by atoms with Crippen LogP contribution < -0.4 is 10.6 Å². The molecule has 8 heteroatoms. The van der Waals surface area contributed by atoms with E-state index < -0.39 is 10.8 Å². The van der Waals surface area contributed by atoms with Crippen LogP contribution in [0.5, 0.6) is 5.75 Å². The second-order valence-corrected chi connectivity index (χ2v) is 4.62. The number of rotatable bonds is 5. The molecule has 2 rings (SSSR count). The lowest BCUT2D eigenvalue weighted by Crippen LogP contribution is -2.14. The minimum Gasteiger partial charge on any atom is -0.508 e. The third kappa shape index (κ3) is 4.32. The Morgan fingerprint density at radius 1 is 1.21 bits per heavy atom. The molecule has 24 heavy (non-hydrogen) atoms. The number of hydrogen-bond acceptors (Lipinski definition) is 6. The molecule has 2 aromatic carbocycles. The number of nitriles is 1. The lowest BCUT2D eigenvalue weighted by molar-refractivity contribution is -0.384. The topological polar surface area (TPSA) is 128 Å². The van der Waals surface area contributed by atoms with Crippen LogP contribution in [0.25, 0.3) is 0 Å². The highest BCUT2D eigenvalue weighted by molar-refractivity contribution is 6.06. The van der Waals surface area contributed by atoms with Crippen molar-refractivity contribution in [2.75, 3.05) is 10.6 Å². The Labute approximate surface area is 136 Å². The van der Waals surface area contributed by atoms with Crippen molar-refractivity contribution in [2.45, 2.75) is 0 Å². The quantitative estimate of drug-likeness (QED) is 0.336. The summed E-state index contributed by atoms with van der Waals surface area (Å²) in [5.74, 6) is -0.670. The van der Waals surface area contributed by atoms with Gasteiger partial charge in [-0.2, -0.15) is 5.26 Å². The normalized spacial score (nSPS) is 10.5. The van der Waals surface area contributed by atoms with Gasteiger partial charge in [-0.3, -0.25) is 14.9 Å². The third-order valence-corrected chi connectivity index (χ3v) is 2.93. The van der Waals surface area contributed by atoms with Gasteiger partial charge in [-0.25, -0.2) is 0 Å². The molecule has 0 aliphatic rings. The molecule has 3 N–H and O–H groups in total. The zero-order valence-electron chi connectivity index (χ0n) is 12.3. The lowest BCUT2D eigenvalue weighted by Gasteiger charge is -2.05. The highest BCUT2D eigenvalue weighted by Gasteiger charge is 2.10. The first-order valence-corrected chi connectivity index (χ1v) is 6.71. The second-order valence-electron chi connectivity index (χ2n) is 4.62. The van der Waals surface area contributed by atoms with Crippen LogP contribution in [0.3, 0.4) is 0 Å². The number of nitrogens with one attached hydrogen (secondary N) is 2. The van der Waals surface area contributed by atoms with Crippen molar-refractivity contribution in [1.29, 1.82) is 5.26 Å². The predicted molar refractivity (Wildman–Crippen MR) is 87.2 cm³/mol. The Hall–Kier alpha value is -3.86. The third-order valence-electron chi connectivity index (χ3n) is 2.93. The number of phenols is 1. The van der Waals surface area contributed by atoms with Gasteiger partial charge in [-0.05, 0) is 24.3 Å². The fourth-order valence-electron chi connectivity index (χ4n) is 1.77. The lowest BCUT2D eigenvalue weighted by atomic mass is 10.2. The van der Waals surface area contributed by atoms with Gasteiger partial charge in [-0.15, -0.1) is 0 Å². The molecule has 1 amide bonds. The predicted octanol–water partition coefficient (Wildman–Crippen LogP) is 2.76. The molecule has 0 saturated carbocycles. The summed E-state index contributed by atoms with van der Waals surface area (Å²) in [5.41, 5.74) is 0.568. The van der Waals surface area contributed by atoms with Crippen molar-refractivity contribution in [1.82, 2.24) is 0 Å². The number of non-ortho nitro benzene ring substituents is 1. The summed E-state index contributed by atoms with van der Waals surface area (Å²) in [6.07, 6.45) is 1.19. The molecule has 8 nitrogen and oxygen atoms in total. The van der Waals surface area contributed by atoms with Crippen LogP contribution in [0.4, 0.5) is 17.1 Å². The van der Waals surface area contributed by atoms with E-state index in [1.165, 1.54) is 42.6 Å². The van der Waals surface area contributed by atoms with E-state index in [0.29, 0.717) is 11.4 Å². The van der Waals surface area contributed by atoms with E-state index in [1.54, 1.807) is 18.2 Å². The standard InChI is InChI=1S/C16H12N4O4/c17-9-11(16(22)19-13-2-1-3-15(21)8-13)10-18-12-4-6-14(7-5-12)20(23)24/h1-8,10,18,21H,(H,19,22)/b11-10-. The van der Waals surface area contributed by atoms with E-state index >= 15 is 0 Å². The smallest absolute Gasteiger partial charge is 0.269 e. The first-order chi connectivity index (χ1) is 11.5. The fraction of sp³-hybridized carbons (Fsp3) is 0. The van der Waals surface area contributed by atoms with Crippen LogP contribution in [0.1, 0.15) is 0 Å². The minimum atomic E-state index is -0.655. The summed E-state index contributed by atoms with van der Waals surface area (Å²) in [7, 11) is 0. The Bertz CT molecular complexity index is 838. The molecule has 2 aromatic rings. The number of amides is 1. The highest BCUT2D eigenvalue weighted by Crippen LogP contribution is 2.17. The van der Waals surface area contributed by atoms with Gasteiger partial charge in [0.25, 0.3) is 11.6 Å². The van der Waals surface area contributed by atoms with Gasteiger partial charge in [0.15, 0.2) is 0 Å². The van der Waals surface area contributed by atoms with E-state index in [1.807, 2.05) is 0 Å². The van der Waals surface area contributed by atoms with Gasteiger partial charge in [-0.1, -0.05) is 6.07 Å². The molecular formula is C16H12N4O4. The summed E-state index contributed by atoms with van der Waals surface area (Å²) in [4.78, 5) is 22.1. The molecule has 0 unspecified atom stereocenters. The molecule has 0 aliphatic carbocycles. The van der Waals surface area contributed by atoms with Crippen LogP contribution in [0.2, 0.25) is 0 Å². The van der Waals surface area contributed by atoms with E-state index in [9.17, 15) is 20.0 Å². The van der Waals surface area contributed by atoms with Crippen molar-refractivity contribution in [3.63, 3.8) is 0 Å². The minimum absolute atomic E-state index is 0.0145. The largest absolute Gasteiger partial charge is 0.508 e. The van der Waals surface area contributed by atoms with Gasteiger partial charge in [0.05, 0.1) is 4.92 Å². The average Bonchev–Trinajstić information content (AvgIpc) is 2.56. The summed E-state index contributed by atoms with van der Waals surface area (Å²) in [6.45, 7) is 0. The molecule has 0 aromatic heterocycles. The van der Waals surface area contributed by atoms with Gasteiger partial charge in [0, 0.05) is 35.8 Å². The number of nitro groups is 1. The van der Waals surface area contributed by atoms with E-state index in [4.69, 9.17) is 5.26 Å². The molecule has 120 valence electrons. The maximum Gasteiger partial charge on any atom is 0.269 e. The fourth-order valence-corrected chi connectivity index (χ4v) is 1.77. The number of anilines is 2. The molecular weight excluding hydrogens is 312 g/mol. The van der Waals surface area contributed by atoms with Crippen molar-refractivity contribution >= 4 is 23.0 Å². The SMILES string of the molecule is N#C/C(=C/Nc1ccc([N+](=O)[O-])cc1)C(=O)Nc1cccc(O)c1. The second kappa shape index (κ2) is 7.42. The van der Waals surface area contributed by atoms with E-state index in [0.717, 1.165) is 0 Å². The van der Waals surface area contributed by atoms with Crippen LogP contribution in [0, 0.1) is 21.4 Å². The number of benzene rings is 2. The highest BCUT2D eigenvalue weighted by atomic mass is 16.6. The summed E-state index contributed by atoms with van der Waals surface area (Å²) >= 11 is 0. The van der Waals surface area contributed by atoms with Crippen molar-refractivity contribution in [3.05, 3.63) is 70.4 Å². The van der Waals surface area contributed by atoms with Crippen molar-refractivity contribution in [3.8, 4) is 11.8 Å². The number of hydrogen-bond donors (Lipinski definition) is 3. The molecule has 0 bridgehead atoms. The summed E-state index contributed by atoms with van der Waals surface area (Å²) in [6, 6.07) is 13.2. The first-order valence-electron chi connectivity index (χ1n) is 6.71. The maximum absolute atomic E-state index is 12.0. The number of aromatic hydroxyl groups is 1. The molecule has 0 fully saturated rings. The number of phenolic OH excluding ortho intramolecular Hbond substituents is 1. The van der Waals surface area contributed by atoms with Crippen molar-refractivity contribution < 1.29 is 14.8 Å². The molecule has 0 atom stereocenters. The number of carbonyl (C=O) groups is 1.